The van der Waals surface area contributed by atoms with Crippen LogP contribution in [0, 0.1) is 5.92 Å². The van der Waals surface area contributed by atoms with Gasteiger partial charge in [-0.3, -0.25) is 14.7 Å². The van der Waals surface area contributed by atoms with Gasteiger partial charge in [-0.05, 0) is 25.7 Å². The Bertz CT molecular complexity index is 402. The lowest BCUT2D eigenvalue weighted by molar-refractivity contribution is -0.140. The number of morpholine rings is 1. The summed E-state index contributed by atoms with van der Waals surface area (Å²) >= 11 is 0. The number of ether oxygens (including phenoxy) is 2. The van der Waals surface area contributed by atoms with Crippen molar-refractivity contribution < 1.29 is 14.3 Å². The highest BCUT2D eigenvalue weighted by Crippen LogP contribution is 2.13. The number of carbonyl (C=O) groups excluding carboxylic acids is 1. The fourth-order valence-corrected chi connectivity index (χ4v) is 2.89. The molecule has 26 heavy (non-hydrogen) atoms. The Hall–Kier alpha value is -0.610. The van der Waals surface area contributed by atoms with E-state index in [9.17, 15) is 4.79 Å². The quantitative estimate of drug-likeness (QED) is 0.162. The van der Waals surface area contributed by atoms with Crippen molar-refractivity contribution in [3.05, 3.63) is 0 Å². The normalized spacial score (nSPS) is 16.7. The van der Waals surface area contributed by atoms with Crippen molar-refractivity contribution in [1.82, 2.24) is 15.5 Å². The highest BCUT2D eigenvalue weighted by molar-refractivity contribution is 14.0. The lowest BCUT2D eigenvalue weighted by Crippen LogP contribution is -2.48. The first kappa shape index (κ1) is 25.4. The number of guanidine groups is 1. The molecule has 0 aliphatic carbocycles. The molecule has 1 saturated heterocycles. The molecule has 1 unspecified atom stereocenters. The number of nitrogens with one attached hydrogen (secondary N) is 2. The molecule has 2 N–H and O–H groups in total. The van der Waals surface area contributed by atoms with Crippen molar-refractivity contribution >= 4 is 35.9 Å². The van der Waals surface area contributed by atoms with E-state index in [0.717, 1.165) is 64.7 Å². The molecule has 0 bridgehead atoms. The van der Waals surface area contributed by atoms with Crippen molar-refractivity contribution in [2.24, 2.45) is 10.9 Å². The average Bonchev–Trinajstić information content (AvgIpc) is 2.61. The number of halogens is 1. The Morgan fingerprint density at radius 1 is 1.23 bits per heavy atom. The second-order valence-corrected chi connectivity index (χ2v) is 6.64. The fraction of sp³-hybridized carbons (Fsp3) is 0.889. The Kier molecular flexibility index (Phi) is 15.1. The predicted molar refractivity (Wildman–Crippen MR) is 116 cm³/mol. The maximum atomic E-state index is 11.1. The van der Waals surface area contributed by atoms with Gasteiger partial charge in [0.25, 0.3) is 0 Å². The highest BCUT2D eigenvalue weighted by Gasteiger charge is 2.23. The summed E-state index contributed by atoms with van der Waals surface area (Å²) < 4.78 is 10.1. The van der Waals surface area contributed by atoms with Gasteiger partial charge in [0.05, 0.1) is 26.9 Å². The van der Waals surface area contributed by atoms with Crippen LogP contribution in [0.1, 0.15) is 40.0 Å². The van der Waals surface area contributed by atoms with Crippen molar-refractivity contribution in [3.63, 3.8) is 0 Å². The zero-order chi connectivity index (χ0) is 18.5. The van der Waals surface area contributed by atoms with E-state index in [-0.39, 0.29) is 29.9 Å². The van der Waals surface area contributed by atoms with Gasteiger partial charge in [0, 0.05) is 38.6 Å². The Morgan fingerprint density at radius 3 is 2.50 bits per heavy atom. The molecule has 1 aliphatic rings. The number of aliphatic imine (C=N–C) groups is 1. The zero-order valence-electron chi connectivity index (χ0n) is 16.8. The van der Waals surface area contributed by atoms with Crippen molar-refractivity contribution in [1.29, 1.82) is 0 Å². The van der Waals surface area contributed by atoms with Gasteiger partial charge in [0.2, 0.25) is 0 Å². The molecule has 8 heteroatoms. The summed E-state index contributed by atoms with van der Waals surface area (Å²) in [6.45, 7) is 12.6. The minimum atomic E-state index is -0.147. The Labute approximate surface area is 175 Å². The van der Waals surface area contributed by atoms with Crippen LogP contribution in [0.25, 0.3) is 0 Å². The van der Waals surface area contributed by atoms with E-state index < -0.39 is 0 Å². The van der Waals surface area contributed by atoms with Crippen LogP contribution in [0.4, 0.5) is 0 Å². The third-order valence-electron chi connectivity index (χ3n) is 4.39. The summed E-state index contributed by atoms with van der Waals surface area (Å²) in [7, 11) is 1.43. The topological polar surface area (TPSA) is 75.2 Å². The molecule has 0 aromatic carbocycles. The third-order valence-corrected chi connectivity index (χ3v) is 4.39. The first-order chi connectivity index (χ1) is 12.1. The molecule has 1 aliphatic heterocycles. The number of hydrogen-bond acceptors (Lipinski definition) is 5. The van der Waals surface area contributed by atoms with Crippen molar-refractivity contribution in [2.45, 2.75) is 46.1 Å². The Balaban J connectivity index is 0.00000625. The summed E-state index contributed by atoms with van der Waals surface area (Å²) in [6, 6.07) is 0.429. The summed E-state index contributed by atoms with van der Waals surface area (Å²) in [5, 5.41) is 6.65. The fourth-order valence-electron chi connectivity index (χ4n) is 2.89. The highest BCUT2D eigenvalue weighted by atomic mass is 127. The predicted octanol–water partition coefficient (Wildman–Crippen LogP) is 1.86. The first-order valence-electron chi connectivity index (χ1n) is 9.49. The largest absolute Gasteiger partial charge is 0.469 e. The molecular formula is C18H37IN4O3. The van der Waals surface area contributed by atoms with Crippen LogP contribution < -0.4 is 10.6 Å². The lowest BCUT2D eigenvalue weighted by atomic mass is 10.0. The molecule has 1 fully saturated rings. The molecule has 1 heterocycles. The summed E-state index contributed by atoms with van der Waals surface area (Å²) in [5.41, 5.74) is 0. The molecule has 154 valence electrons. The zero-order valence-corrected chi connectivity index (χ0v) is 19.1. The molecule has 0 spiro atoms. The molecule has 0 aromatic heterocycles. The van der Waals surface area contributed by atoms with E-state index in [1.54, 1.807) is 0 Å². The van der Waals surface area contributed by atoms with Gasteiger partial charge < -0.3 is 20.1 Å². The summed E-state index contributed by atoms with van der Waals surface area (Å²) in [4.78, 5) is 18.4. The van der Waals surface area contributed by atoms with Crippen LogP contribution in [0.2, 0.25) is 0 Å². The second kappa shape index (κ2) is 15.4. The number of nitrogens with zero attached hydrogens (tertiary/aromatic N) is 2. The minimum absolute atomic E-state index is 0. The lowest BCUT2D eigenvalue weighted by Gasteiger charge is -2.36. The van der Waals surface area contributed by atoms with Crippen LogP contribution in [0.5, 0.6) is 0 Å². The maximum Gasteiger partial charge on any atom is 0.305 e. The Morgan fingerprint density at radius 2 is 1.92 bits per heavy atom. The molecule has 0 amide bonds. The van der Waals surface area contributed by atoms with Crippen LogP contribution in [-0.4, -0.2) is 75.9 Å². The van der Waals surface area contributed by atoms with Gasteiger partial charge in [-0.15, -0.1) is 24.0 Å². The van der Waals surface area contributed by atoms with E-state index in [0.29, 0.717) is 18.4 Å². The van der Waals surface area contributed by atoms with Crippen molar-refractivity contribution in [3.8, 4) is 0 Å². The number of esters is 1. The summed E-state index contributed by atoms with van der Waals surface area (Å²) in [5.74, 6) is 1.25. The molecule has 0 saturated carbocycles. The number of carbonyl (C=O) groups is 1. The van der Waals surface area contributed by atoms with Crippen LogP contribution in [0.3, 0.4) is 0 Å². The van der Waals surface area contributed by atoms with Crippen molar-refractivity contribution in [2.75, 3.05) is 53.0 Å². The molecule has 1 atom stereocenters. The first-order valence-corrected chi connectivity index (χ1v) is 9.49. The van der Waals surface area contributed by atoms with E-state index in [1.165, 1.54) is 7.11 Å². The second-order valence-electron chi connectivity index (χ2n) is 6.64. The van der Waals surface area contributed by atoms with E-state index >= 15 is 0 Å². The van der Waals surface area contributed by atoms with Gasteiger partial charge in [0.1, 0.15) is 0 Å². The molecule has 0 radical (unpaired) electrons. The number of methoxy groups -OCH3 is 1. The van der Waals surface area contributed by atoms with E-state index in [4.69, 9.17) is 9.73 Å². The van der Waals surface area contributed by atoms with Crippen LogP contribution in [0.15, 0.2) is 4.99 Å². The van der Waals surface area contributed by atoms with Gasteiger partial charge in [-0.25, -0.2) is 0 Å². The summed E-state index contributed by atoms with van der Waals surface area (Å²) in [6.07, 6.45) is 2.20. The number of hydrogen-bond donors (Lipinski definition) is 2. The molecule has 0 aromatic rings. The van der Waals surface area contributed by atoms with E-state index in [2.05, 4.69) is 41.0 Å². The molecule has 7 nitrogen and oxygen atoms in total. The SMILES string of the molecule is CCNC(=NCC(C(C)C)N1CCOCC1)NCCCCC(=O)OC.I. The maximum absolute atomic E-state index is 11.1. The van der Waals surface area contributed by atoms with Gasteiger partial charge in [-0.2, -0.15) is 0 Å². The van der Waals surface area contributed by atoms with E-state index in [1.807, 2.05) is 0 Å². The number of unbranched alkanes of at least 4 members (excludes halogenated alkanes) is 1. The van der Waals surface area contributed by atoms with Gasteiger partial charge in [-0.1, -0.05) is 13.8 Å². The molecular weight excluding hydrogens is 447 g/mol. The van der Waals surface area contributed by atoms with Gasteiger partial charge >= 0.3 is 5.97 Å². The monoisotopic (exact) mass is 484 g/mol. The third kappa shape index (κ3) is 10.5. The van der Waals surface area contributed by atoms with Crippen LogP contribution >= 0.6 is 24.0 Å². The number of rotatable bonds is 10. The standard InChI is InChI=1S/C18H36N4O3.HI/c1-5-19-18(20-9-7-6-8-17(23)24-4)21-14-16(15(2)3)22-10-12-25-13-11-22;/h15-16H,5-14H2,1-4H3,(H2,19,20,21);1H. The smallest absolute Gasteiger partial charge is 0.305 e. The van der Waals surface area contributed by atoms with Gasteiger partial charge in [0.15, 0.2) is 5.96 Å². The molecule has 1 rings (SSSR count). The average molecular weight is 484 g/mol. The van der Waals surface area contributed by atoms with Crippen LogP contribution in [-0.2, 0) is 14.3 Å². The minimum Gasteiger partial charge on any atom is -0.469 e.